The van der Waals surface area contributed by atoms with Crippen molar-refractivity contribution in [2.24, 2.45) is 5.41 Å². The Morgan fingerprint density at radius 1 is 1.50 bits per heavy atom. The van der Waals surface area contributed by atoms with E-state index in [2.05, 4.69) is 19.2 Å². The van der Waals surface area contributed by atoms with Crippen molar-refractivity contribution in [2.75, 3.05) is 26.8 Å². The number of hydrogen-bond acceptors (Lipinski definition) is 3. The Labute approximate surface area is 98.2 Å². The van der Waals surface area contributed by atoms with Crippen molar-refractivity contribution >= 4 is 0 Å². The molecule has 0 amide bonds. The third-order valence-electron chi connectivity index (χ3n) is 3.10. The van der Waals surface area contributed by atoms with Crippen LogP contribution in [-0.2, 0) is 11.2 Å². The lowest BCUT2D eigenvalue weighted by atomic mass is 9.82. The van der Waals surface area contributed by atoms with Gasteiger partial charge in [0, 0.05) is 20.2 Å². The summed E-state index contributed by atoms with van der Waals surface area (Å²) in [6.45, 7) is 7.24. The fraction of sp³-hybridized carbons (Fsp3) is 0.692. The first-order valence-electron chi connectivity index (χ1n) is 5.91. The molecule has 0 fully saturated rings. The predicted octanol–water partition coefficient (Wildman–Crippen LogP) is 2.47. The lowest BCUT2D eigenvalue weighted by Gasteiger charge is -2.28. The Balaban J connectivity index is 2.37. The van der Waals surface area contributed by atoms with E-state index in [0.29, 0.717) is 0 Å². The molecule has 0 aliphatic carbocycles. The number of ether oxygens (including phenoxy) is 1. The van der Waals surface area contributed by atoms with E-state index in [1.807, 2.05) is 12.3 Å². The standard InChI is InChI=1S/C13H23NO2/c1-4-13(2,11-14-6-8-15-3)9-12-5-7-16-10-12/h5,7,10,14H,4,6,8-9,11H2,1-3H3. The maximum absolute atomic E-state index is 5.11. The topological polar surface area (TPSA) is 34.4 Å². The van der Waals surface area contributed by atoms with Crippen molar-refractivity contribution in [3.8, 4) is 0 Å². The Morgan fingerprint density at radius 2 is 2.31 bits per heavy atom. The Bertz CT molecular complexity index is 271. The molecule has 1 atom stereocenters. The van der Waals surface area contributed by atoms with Gasteiger partial charge in [0.15, 0.2) is 0 Å². The van der Waals surface area contributed by atoms with E-state index in [-0.39, 0.29) is 5.41 Å². The zero-order valence-electron chi connectivity index (χ0n) is 10.6. The number of nitrogens with one attached hydrogen (secondary N) is 1. The van der Waals surface area contributed by atoms with Gasteiger partial charge in [0.2, 0.25) is 0 Å². The Kier molecular flexibility index (Phi) is 5.56. The van der Waals surface area contributed by atoms with E-state index in [9.17, 15) is 0 Å². The zero-order valence-corrected chi connectivity index (χ0v) is 10.6. The quantitative estimate of drug-likeness (QED) is 0.690. The highest BCUT2D eigenvalue weighted by Crippen LogP contribution is 2.25. The third kappa shape index (κ3) is 4.37. The molecular formula is C13H23NO2. The first-order chi connectivity index (χ1) is 7.70. The van der Waals surface area contributed by atoms with E-state index in [4.69, 9.17) is 9.15 Å². The normalized spacial score (nSPS) is 14.9. The highest BCUT2D eigenvalue weighted by Gasteiger charge is 2.22. The van der Waals surface area contributed by atoms with Gasteiger partial charge in [-0.25, -0.2) is 0 Å². The van der Waals surface area contributed by atoms with Crippen molar-refractivity contribution in [2.45, 2.75) is 26.7 Å². The van der Waals surface area contributed by atoms with Crippen LogP contribution in [-0.4, -0.2) is 26.8 Å². The molecule has 0 aromatic carbocycles. The predicted molar refractivity (Wildman–Crippen MR) is 65.6 cm³/mol. The molecule has 0 saturated carbocycles. The summed E-state index contributed by atoms with van der Waals surface area (Å²) in [7, 11) is 1.73. The first-order valence-corrected chi connectivity index (χ1v) is 5.91. The fourth-order valence-electron chi connectivity index (χ4n) is 1.76. The minimum Gasteiger partial charge on any atom is -0.472 e. The molecule has 0 saturated heterocycles. The van der Waals surface area contributed by atoms with E-state index < -0.39 is 0 Å². The molecule has 16 heavy (non-hydrogen) atoms. The Hall–Kier alpha value is -0.800. The summed E-state index contributed by atoms with van der Waals surface area (Å²) < 4.78 is 10.1. The molecule has 0 spiro atoms. The minimum atomic E-state index is 0.289. The van der Waals surface area contributed by atoms with Crippen LogP contribution in [0.1, 0.15) is 25.8 Å². The van der Waals surface area contributed by atoms with Crippen molar-refractivity contribution in [1.29, 1.82) is 0 Å². The van der Waals surface area contributed by atoms with Crippen LogP contribution < -0.4 is 5.32 Å². The molecule has 1 rings (SSSR count). The van der Waals surface area contributed by atoms with Gasteiger partial charge in [0.25, 0.3) is 0 Å². The van der Waals surface area contributed by atoms with Gasteiger partial charge < -0.3 is 14.5 Å². The van der Waals surface area contributed by atoms with E-state index in [1.165, 1.54) is 5.56 Å². The number of hydrogen-bond donors (Lipinski definition) is 1. The molecule has 0 radical (unpaired) electrons. The van der Waals surface area contributed by atoms with Crippen molar-refractivity contribution < 1.29 is 9.15 Å². The van der Waals surface area contributed by atoms with Gasteiger partial charge in [0.05, 0.1) is 19.1 Å². The van der Waals surface area contributed by atoms with Crippen LogP contribution >= 0.6 is 0 Å². The second-order valence-corrected chi connectivity index (χ2v) is 4.64. The summed E-state index contributed by atoms with van der Waals surface area (Å²) in [6.07, 6.45) is 5.78. The molecule has 1 aromatic rings. The van der Waals surface area contributed by atoms with E-state index in [1.54, 1.807) is 13.4 Å². The summed E-state index contributed by atoms with van der Waals surface area (Å²) >= 11 is 0. The molecule has 3 nitrogen and oxygen atoms in total. The lowest BCUT2D eigenvalue weighted by molar-refractivity contribution is 0.191. The highest BCUT2D eigenvalue weighted by atomic mass is 16.5. The van der Waals surface area contributed by atoms with Crippen molar-refractivity contribution in [3.63, 3.8) is 0 Å². The molecule has 1 aromatic heterocycles. The van der Waals surface area contributed by atoms with Crippen LogP contribution in [0.4, 0.5) is 0 Å². The molecule has 0 aliphatic rings. The second kappa shape index (κ2) is 6.71. The minimum absolute atomic E-state index is 0.289. The van der Waals surface area contributed by atoms with Crippen LogP contribution in [0.15, 0.2) is 23.0 Å². The van der Waals surface area contributed by atoms with Gasteiger partial charge in [0.1, 0.15) is 0 Å². The van der Waals surface area contributed by atoms with Crippen LogP contribution in [0.25, 0.3) is 0 Å². The van der Waals surface area contributed by atoms with E-state index in [0.717, 1.165) is 32.5 Å². The first kappa shape index (κ1) is 13.3. The van der Waals surface area contributed by atoms with Gasteiger partial charge in [-0.2, -0.15) is 0 Å². The van der Waals surface area contributed by atoms with Crippen molar-refractivity contribution in [3.05, 3.63) is 24.2 Å². The van der Waals surface area contributed by atoms with Gasteiger partial charge in [-0.1, -0.05) is 13.8 Å². The fourth-order valence-corrected chi connectivity index (χ4v) is 1.76. The lowest BCUT2D eigenvalue weighted by Crippen LogP contribution is -2.34. The van der Waals surface area contributed by atoms with Crippen LogP contribution in [0.3, 0.4) is 0 Å². The monoisotopic (exact) mass is 225 g/mol. The largest absolute Gasteiger partial charge is 0.472 e. The molecule has 1 N–H and O–H groups in total. The summed E-state index contributed by atoms with van der Waals surface area (Å²) in [5.74, 6) is 0. The number of rotatable bonds is 8. The average molecular weight is 225 g/mol. The highest BCUT2D eigenvalue weighted by molar-refractivity contribution is 5.08. The van der Waals surface area contributed by atoms with Gasteiger partial charge in [-0.3, -0.25) is 0 Å². The summed E-state index contributed by atoms with van der Waals surface area (Å²) in [4.78, 5) is 0. The molecule has 0 aliphatic heterocycles. The SMILES string of the molecule is CCC(C)(CNCCOC)Cc1ccoc1. The number of furan rings is 1. The van der Waals surface area contributed by atoms with Crippen LogP contribution in [0, 0.1) is 5.41 Å². The summed E-state index contributed by atoms with van der Waals surface area (Å²) in [5.41, 5.74) is 1.57. The summed E-state index contributed by atoms with van der Waals surface area (Å²) in [6, 6.07) is 2.04. The molecular weight excluding hydrogens is 202 g/mol. The molecule has 92 valence electrons. The van der Waals surface area contributed by atoms with E-state index >= 15 is 0 Å². The number of methoxy groups -OCH3 is 1. The summed E-state index contributed by atoms with van der Waals surface area (Å²) in [5, 5.41) is 3.43. The maximum atomic E-state index is 5.11. The van der Waals surface area contributed by atoms with Crippen LogP contribution in [0.2, 0.25) is 0 Å². The molecule has 3 heteroatoms. The molecule has 1 unspecified atom stereocenters. The molecule has 1 heterocycles. The van der Waals surface area contributed by atoms with Gasteiger partial charge in [-0.05, 0) is 29.9 Å². The van der Waals surface area contributed by atoms with Gasteiger partial charge in [-0.15, -0.1) is 0 Å². The third-order valence-corrected chi connectivity index (χ3v) is 3.10. The molecule has 0 bridgehead atoms. The van der Waals surface area contributed by atoms with Crippen LogP contribution in [0.5, 0.6) is 0 Å². The maximum Gasteiger partial charge on any atom is 0.0934 e. The van der Waals surface area contributed by atoms with Gasteiger partial charge >= 0.3 is 0 Å². The average Bonchev–Trinajstić information content (AvgIpc) is 2.77. The second-order valence-electron chi connectivity index (χ2n) is 4.64. The van der Waals surface area contributed by atoms with Crippen molar-refractivity contribution in [1.82, 2.24) is 5.32 Å². The smallest absolute Gasteiger partial charge is 0.0934 e. The Morgan fingerprint density at radius 3 is 2.88 bits per heavy atom. The zero-order chi connectivity index (χ0) is 11.9.